The number of carbonyl (C=O) groups excluding carboxylic acids is 2. The Morgan fingerprint density at radius 3 is 2.21 bits per heavy atom. The minimum Gasteiger partial charge on any atom is -0.425 e. The summed E-state index contributed by atoms with van der Waals surface area (Å²) in [5.41, 5.74) is -0.463. The summed E-state index contributed by atoms with van der Waals surface area (Å²) >= 11 is 18.5. The van der Waals surface area contributed by atoms with Crippen LogP contribution in [0.5, 0.6) is 5.75 Å². The summed E-state index contributed by atoms with van der Waals surface area (Å²) in [5.74, 6) is -0.453. The molecule has 11 heteroatoms. The molecule has 0 saturated carbocycles. The van der Waals surface area contributed by atoms with Gasteiger partial charge in [0.15, 0.2) is 5.75 Å². The monoisotopic (exact) mass is 530 g/mol. The lowest BCUT2D eigenvalue weighted by atomic mass is 9.99. The van der Waals surface area contributed by atoms with Crippen molar-refractivity contribution in [2.24, 2.45) is 0 Å². The Labute approximate surface area is 207 Å². The molecule has 2 N–H and O–H groups in total. The number of alkyl halides is 3. The van der Waals surface area contributed by atoms with Crippen molar-refractivity contribution in [1.82, 2.24) is 5.32 Å². The normalized spacial score (nSPS) is 11.1. The van der Waals surface area contributed by atoms with Gasteiger partial charge in [-0.2, -0.15) is 13.2 Å². The number of carbonyl (C=O) groups is 2. The predicted octanol–water partition coefficient (Wildman–Crippen LogP) is 7.58. The summed E-state index contributed by atoms with van der Waals surface area (Å²) < 4.78 is 45.3. The van der Waals surface area contributed by atoms with Crippen LogP contribution in [0.1, 0.15) is 18.1 Å². The summed E-state index contributed by atoms with van der Waals surface area (Å²) in [6, 6.07) is 11.6. The zero-order valence-electron chi connectivity index (χ0n) is 17.4. The third-order valence-electron chi connectivity index (χ3n) is 4.54. The molecule has 3 rings (SSSR count). The van der Waals surface area contributed by atoms with E-state index in [0.717, 1.165) is 6.07 Å². The molecule has 0 unspecified atom stereocenters. The molecule has 178 valence electrons. The molecule has 0 saturated heterocycles. The molecule has 0 aliphatic heterocycles. The van der Waals surface area contributed by atoms with Gasteiger partial charge in [0.05, 0.1) is 20.6 Å². The molecule has 0 fully saturated rings. The Kier molecular flexibility index (Phi) is 7.97. The minimum atomic E-state index is -4.61. The van der Waals surface area contributed by atoms with Gasteiger partial charge in [-0.15, -0.1) is 0 Å². The van der Waals surface area contributed by atoms with Crippen LogP contribution in [-0.2, 0) is 17.5 Å². The minimum absolute atomic E-state index is 0.00725. The summed E-state index contributed by atoms with van der Waals surface area (Å²) in [7, 11) is 0. The van der Waals surface area contributed by atoms with Gasteiger partial charge in [-0.25, -0.2) is 4.79 Å². The highest BCUT2D eigenvalue weighted by Gasteiger charge is 2.34. The number of para-hydroxylation sites is 1. The maximum absolute atomic E-state index is 13.4. The smallest absolute Gasteiger partial charge is 0.417 e. The van der Waals surface area contributed by atoms with E-state index in [1.807, 2.05) is 0 Å². The molecule has 0 aromatic heterocycles. The number of nitrogens with one attached hydrogen (secondary N) is 2. The van der Waals surface area contributed by atoms with Crippen LogP contribution in [-0.4, -0.2) is 12.0 Å². The average Bonchev–Trinajstić information content (AvgIpc) is 2.73. The van der Waals surface area contributed by atoms with E-state index in [9.17, 15) is 22.8 Å². The van der Waals surface area contributed by atoms with Crippen LogP contribution in [0.4, 0.5) is 23.7 Å². The van der Waals surface area contributed by atoms with E-state index >= 15 is 0 Å². The van der Waals surface area contributed by atoms with E-state index in [1.54, 1.807) is 12.1 Å². The van der Waals surface area contributed by atoms with Crippen LogP contribution >= 0.6 is 34.8 Å². The van der Waals surface area contributed by atoms with Crippen molar-refractivity contribution in [3.63, 3.8) is 0 Å². The molecule has 0 atom stereocenters. The number of urea groups is 1. The Balaban J connectivity index is 1.78. The number of rotatable bonds is 5. The molecular formula is C23H16Cl3F3N2O3. The van der Waals surface area contributed by atoms with Crippen molar-refractivity contribution in [2.75, 3.05) is 5.32 Å². The van der Waals surface area contributed by atoms with Gasteiger partial charge in [-0.05, 0) is 29.8 Å². The molecule has 0 aliphatic rings. The number of esters is 1. The number of anilines is 1. The first kappa shape index (κ1) is 25.7. The average molecular weight is 532 g/mol. The Morgan fingerprint density at radius 2 is 1.59 bits per heavy atom. The molecule has 3 aromatic rings. The van der Waals surface area contributed by atoms with Crippen molar-refractivity contribution in [2.45, 2.75) is 19.6 Å². The fraction of sp³-hybridized carbons (Fsp3) is 0.130. The second kappa shape index (κ2) is 10.5. The number of hydrogen-bond acceptors (Lipinski definition) is 3. The molecule has 0 heterocycles. The highest BCUT2D eigenvalue weighted by atomic mass is 35.5. The summed E-state index contributed by atoms with van der Waals surface area (Å²) in [6.07, 6.45) is -4.61. The predicted molar refractivity (Wildman–Crippen MR) is 126 cm³/mol. The van der Waals surface area contributed by atoms with Gasteiger partial charge in [0.1, 0.15) is 0 Å². The number of benzene rings is 3. The standard InChI is InChI=1S/C23H16Cl3F3N2O3/c1-12(32)34-21-13(5-4-8-17(21)24)11-30-22(33)31-14-9-18(25)20(19(26)10-14)15-6-2-3-7-16(15)23(27,28)29/h2-10H,11H2,1H3,(H2,30,31,33). The lowest BCUT2D eigenvalue weighted by Gasteiger charge is -2.16. The largest absolute Gasteiger partial charge is 0.425 e. The molecule has 2 amide bonds. The zero-order valence-corrected chi connectivity index (χ0v) is 19.7. The Hall–Kier alpha value is -2.94. The topological polar surface area (TPSA) is 67.4 Å². The first-order valence-corrected chi connectivity index (χ1v) is 10.8. The Bertz CT molecular complexity index is 1230. The molecule has 0 aliphatic carbocycles. The van der Waals surface area contributed by atoms with Gasteiger partial charge < -0.3 is 15.4 Å². The third kappa shape index (κ3) is 6.14. The second-order valence-corrected chi connectivity index (χ2v) is 8.21. The number of halogens is 6. The molecule has 3 aromatic carbocycles. The molecule has 34 heavy (non-hydrogen) atoms. The maximum Gasteiger partial charge on any atom is 0.417 e. The SMILES string of the molecule is CC(=O)Oc1c(Cl)cccc1CNC(=O)Nc1cc(Cl)c(-c2ccccc2C(F)(F)F)c(Cl)c1. The molecule has 0 bridgehead atoms. The third-order valence-corrected chi connectivity index (χ3v) is 5.43. The van der Waals surface area contributed by atoms with Crippen molar-refractivity contribution in [3.8, 4) is 16.9 Å². The van der Waals surface area contributed by atoms with Gasteiger partial charge in [-0.1, -0.05) is 65.1 Å². The van der Waals surface area contributed by atoms with Crippen molar-refractivity contribution in [3.05, 3.63) is 80.8 Å². The lowest BCUT2D eigenvalue weighted by molar-refractivity contribution is -0.137. The van der Waals surface area contributed by atoms with E-state index in [-0.39, 0.29) is 44.2 Å². The molecule has 0 radical (unpaired) electrons. The number of ether oxygens (including phenoxy) is 1. The zero-order chi connectivity index (χ0) is 25.0. The van der Waals surface area contributed by atoms with Gasteiger partial charge in [0, 0.05) is 30.3 Å². The van der Waals surface area contributed by atoms with E-state index in [0.29, 0.717) is 5.56 Å². The number of amides is 2. The van der Waals surface area contributed by atoms with Crippen molar-refractivity contribution < 1.29 is 27.5 Å². The van der Waals surface area contributed by atoms with Gasteiger partial charge >= 0.3 is 18.2 Å². The van der Waals surface area contributed by atoms with Crippen molar-refractivity contribution in [1.29, 1.82) is 0 Å². The van der Waals surface area contributed by atoms with E-state index in [1.165, 1.54) is 43.3 Å². The van der Waals surface area contributed by atoms with Gasteiger partial charge in [-0.3, -0.25) is 4.79 Å². The molecular weight excluding hydrogens is 516 g/mol. The lowest BCUT2D eigenvalue weighted by Crippen LogP contribution is -2.28. The fourth-order valence-electron chi connectivity index (χ4n) is 3.15. The van der Waals surface area contributed by atoms with Crippen LogP contribution in [0.15, 0.2) is 54.6 Å². The highest BCUT2D eigenvalue weighted by Crippen LogP contribution is 2.43. The van der Waals surface area contributed by atoms with Crippen molar-refractivity contribution >= 4 is 52.5 Å². The second-order valence-electron chi connectivity index (χ2n) is 6.99. The first-order chi connectivity index (χ1) is 16.0. The van der Waals surface area contributed by atoms with E-state index in [2.05, 4.69) is 10.6 Å². The van der Waals surface area contributed by atoms with Crippen LogP contribution in [0, 0.1) is 0 Å². The quantitative estimate of drug-likeness (QED) is 0.263. The summed E-state index contributed by atoms with van der Waals surface area (Å²) in [6.45, 7) is 1.19. The maximum atomic E-state index is 13.4. The summed E-state index contributed by atoms with van der Waals surface area (Å²) in [5, 5.41) is 5.12. The molecule has 0 spiro atoms. The van der Waals surface area contributed by atoms with Crippen LogP contribution in [0.2, 0.25) is 15.1 Å². The Morgan fingerprint density at radius 1 is 0.941 bits per heavy atom. The first-order valence-electron chi connectivity index (χ1n) is 9.63. The van der Waals surface area contributed by atoms with Gasteiger partial charge in [0.25, 0.3) is 0 Å². The highest BCUT2D eigenvalue weighted by molar-refractivity contribution is 6.39. The summed E-state index contributed by atoms with van der Waals surface area (Å²) in [4.78, 5) is 23.7. The van der Waals surface area contributed by atoms with Gasteiger partial charge in [0.2, 0.25) is 0 Å². The van der Waals surface area contributed by atoms with E-state index < -0.39 is 23.7 Å². The fourth-order valence-corrected chi connectivity index (χ4v) is 4.08. The van der Waals surface area contributed by atoms with Crippen LogP contribution in [0.25, 0.3) is 11.1 Å². The van der Waals surface area contributed by atoms with Crippen LogP contribution < -0.4 is 15.4 Å². The molecule has 5 nitrogen and oxygen atoms in total. The number of hydrogen-bond donors (Lipinski definition) is 2. The van der Waals surface area contributed by atoms with E-state index in [4.69, 9.17) is 39.5 Å². The van der Waals surface area contributed by atoms with Crippen LogP contribution in [0.3, 0.4) is 0 Å².